The average molecular weight is 449 g/mol. The van der Waals surface area contributed by atoms with Crippen LogP contribution in [0.15, 0.2) is 46.0 Å². The molecule has 3 rings (SSSR count). The van der Waals surface area contributed by atoms with Crippen molar-refractivity contribution in [1.82, 2.24) is 5.43 Å². The van der Waals surface area contributed by atoms with Crippen molar-refractivity contribution >= 4 is 45.3 Å². The first kappa shape index (κ1) is 19.9. The molecule has 1 atom stereocenters. The van der Waals surface area contributed by atoms with Crippen LogP contribution in [-0.2, 0) is 0 Å². The van der Waals surface area contributed by atoms with Crippen LogP contribution < -0.4 is 10.3 Å². The lowest BCUT2D eigenvalue weighted by Crippen LogP contribution is -2.45. The van der Waals surface area contributed by atoms with E-state index in [0.29, 0.717) is 16.5 Å². The lowest BCUT2D eigenvalue weighted by Gasteiger charge is -2.45. The van der Waals surface area contributed by atoms with E-state index in [0.717, 1.165) is 22.1 Å². The van der Waals surface area contributed by atoms with Crippen LogP contribution in [0.5, 0.6) is 0 Å². The molecule has 0 spiro atoms. The monoisotopic (exact) mass is 447 g/mol. The molecule has 0 saturated carbocycles. The SMILES string of the molecule is C[C@H]1CC(C)(C)N(C)c2cc(Cl)c(/C=N\NC(=O)c3ccccc3Br)cc21. The van der Waals surface area contributed by atoms with Crippen molar-refractivity contribution in [2.45, 2.75) is 38.6 Å². The molecule has 0 radical (unpaired) electrons. The van der Waals surface area contributed by atoms with Gasteiger partial charge in [-0.1, -0.05) is 30.7 Å². The zero-order chi connectivity index (χ0) is 19.8. The van der Waals surface area contributed by atoms with Crippen molar-refractivity contribution in [1.29, 1.82) is 0 Å². The number of fused-ring (bicyclic) bond motifs is 1. The summed E-state index contributed by atoms with van der Waals surface area (Å²) < 4.78 is 0.726. The van der Waals surface area contributed by atoms with Crippen molar-refractivity contribution in [3.05, 3.63) is 62.6 Å². The van der Waals surface area contributed by atoms with Gasteiger partial charge in [0, 0.05) is 28.3 Å². The number of amides is 1. The van der Waals surface area contributed by atoms with E-state index in [1.165, 1.54) is 5.56 Å². The predicted molar refractivity (Wildman–Crippen MR) is 116 cm³/mol. The summed E-state index contributed by atoms with van der Waals surface area (Å²) in [6.07, 6.45) is 2.66. The van der Waals surface area contributed by atoms with Gasteiger partial charge >= 0.3 is 0 Å². The maximum Gasteiger partial charge on any atom is 0.272 e. The molecule has 0 fully saturated rings. The van der Waals surface area contributed by atoms with Gasteiger partial charge in [0.05, 0.1) is 16.8 Å². The number of halogens is 2. The quantitative estimate of drug-likeness (QED) is 0.491. The first-order valence-corrected chi connectivity index (χ1v) is 10.0. The molecule has 1 aliphatic rings. The van der Waals surface area contributed by atoms with E-state index >= 15 is 0 Å². The van der Waals surface area contributed by atoms with Gasteiger partial charge in [0.1, 0.15) is 0 Å². The highest BCUT2D eigenvalue weighted by molar-refractivity contribution is 9.10. The van der Waals surface area contributed by atoms with Crippen LogP contribution in [0.2, 0.25) is 5.02 Å². The highest BCUT2D eigenvalue weighted by Crippen LogP contribution is 2.44. The summed E-state index contributed by atoms with van der Waals surface area (Å²) in [5.41, 5.74) is 6.37. The van der Waals surface area contributed by atoms with Crippen LogP contribution in [0, 0.1) is 0 Å². The number of nitrogens with zero attached hydrogens (tertiary/aromatic N) is 2. The number of hydrazone groups is 1. The second-order valence-corrected chi connectivity index (χ2v) is 8.85. The Morgan fingerprint density at radius 3 is 2.78 bits per heavy atom. The van der Waals surface area contributed by atoms with E-state index in [1.54, 1.807) is 12.3 Å². The molecule has 0 aromatic heterocycles. The van der Waals surface area contributed by atoms with Gasteiger partial charge in [0.2, 0.25) is 0 Å². The molecular weight excluding hydrogens is 426 g/mol. The summed E-state index contributed by atoms with van der Waals surface area (Å²) in [4.78, 5) is 14.5. The zero-order valence-corrected chi connectivity index (χ0v) is 18.2. The van der Waals surface area contributed by atoms with Gasteiger partial charge in [-0.15, -0.1) is 0 Å². The van der Waals surface area contributed by atoms with Crippen molar-refractivity contribution in [3.8, 4) is 0 Å². The predicted octanol–water partition coefficient (Wildman–Crippen LogP) is 5.59. The Morgan fingerprint density at radius 2 is 2.07 bits per heavy atom. The summed E-state index contributed by atoms with van der Waals surface area (Å²) in [6, 6.07) is 11.3. The smallest absolute Gasteiger partial charge is 0.272 e. The van der Waals surface area contributed by atoms with E-state index in [4.69, 9.17) is 11.6 Å². The number of benzene rings is 2. The summed E-state index contributed by atoms with van der Waals surface area (Å²) in [7, 11) is 2.10. The Labute approximate surface area is 173 Å². The molecule has 1 amide bonds. The fourth-order valence-corrected chi connectivity index (χ4v) is 4.24. The second kappa shape index (κ2) is 7.64. The molecule has 0 saturated heterocycles. The molecule has 4 nitrogen and oxygen atoms in total. The lowest BCUT2D eigenvalue weighted by molar-refractivity contribution is 0.0954. The van der Waals surface area contributed by atoms with Gasteiger partial charge in [-0.2, -0.15) is 5.10 Å². The van der Waals surface area contributed by atoms with Gasteiger partial charge in [-0.05, 0) is 71.9 Å². The number of carbonyl (C=O) groups is 1. The highest BCUT2D eigenvalue weighted by atomic mass is 79.9. The molecule has 0 aliphatic carbocycles. The Kier molecular flexibility index (Phi) is 5.63. The third kappa shape index (κ3) is 4.04. The Morgan fingerprint density at radius 1 is 1.37 bits per heavy atom. The van der Waals surface area contributed by atoms with Crippen LogP contribution in [0.4, 0.5) is 5.69 Å². The number of rotatable bonds is 3. The average Bonchev–Trinajstić information content (AvgIpc) is 2.60. The van der Waals surface area contributed by atoms with Gasteiger partial charge in [-0.25, -0.2) is 5.43 Å². The summed E-state index contributed by atoms with van der Waals surface area (Å²) in [6.45, 7) is 6.72. The summed E-state index contributed by atoms with van der Waals surface area (Å²) >= 11 is 9.86. The minimum Gasteiger partial charge on any atom is -0.369 e. The topological polar surface area (TPSA) is 44.7 Å². The first-order chi connectivity index (χ1) is 12.7. The van der Waals surface area contributed by atoms with Crippen LogP contribution >= 0.6 is 27.5 Å². The van der Waals surface area contributed by atoms with E-state index in [1.807, 2.05) is 24.3 Å². The normalized spacial score (nSPS) is 18.4. The van der Waals surface area contributed by atoms with Crippen LogP contribution in [0.3, 0.4) is 0 Å². The molecule has 2 aromatic rings. The molecular formula is C21H23BrClN3O. The second-order valence-electron chi connectivity index (χ2n) is 7.59. The highest BCUT2D eigenvalue weighted by Gasteiger charge is 2.34. The molecule has 142 valence electrons. The van der Waals surface area contributed by atoms with E-state index in [9.17, 15) is 4.79 Å². The molecule has 1 aliphatic heterocycles. The molecule has 0 unspecified atom stereocenters. The number of hydrogen-bond acceptors (Lipinski definition) is 3. The molecule has 1 heterocycles. The molecule has 0 bridgehead atoms. The summed E-state index contributed by atoms with van der Waals surface area (Å²) in [5, 5.41) is 4.71. The minimum atomic E-state index is -0.275. The number of hydrogen-bond donors (Lipinski definition) is 1. The molecule has 2 aromatic carbocycles. The van der Waals surface area contributed by atoms with Gasteiger partial charge in [-0.3, -0.25) is 4.79 Å². The van der Waals surface area contributed by atoms with E-state index < -0.39 is 0 Å². The van der Waals surface area contributed by atoms with E-state index in [-0.39, 0.29) is 11.4 Å². The number of carbonyl (C=O) groups excluding carboxylic acids is 1. The Balaban J connectivity index is 1.82. The standard InChI is InChI=1S/C21H23BrClN3O/c1-13-11-21(2,3)26(4)19-10-18(23)14(9-16(13)19)12-24-25-20(27)15-7-5-6-8-17(15)22/h5-10,12-13H,11H2,1-4H3,(H,25,27)/b24-12-/t13-/m0/s1. The fourth-order valence-electron chi connectivity index (χ4n) is 3.57. The van der Waals surface area contributed by atoms with Crippen LogP contribution in [0.1, 0.15) is 54.6 Å². The summed E-state index contributed by atoms with van der Waals surface area (Å²) in [5.74, 6) is 0.146. The van der Waals surface area contributed by atoms with E-state index in [2.05, 4.69) is 65.2 Å². The van der Waals surface area contributed by atoms with Gasteiger partial charge in [0.25, 0.3) is 5.91 Å². The Hall–Kier alpha value is -1.85. The van der Waals surface area contributed by atoms with Crippen LogP contribution in [0.25, 0.3) is 0 Å². The first-order valence-electron chi connectivity index (χ1n) is 8.86. The maximum absolute atomic E-state index is 12.2. The molecule has 1 N–H and O–H groups in total. The number of anilines is 1. The number of nitrogens with one attached hydrogen (secondary N) is 1. The van der Waals surface area contributed by atoms with Gasteiger partial charge < -0.3 is 4.90 Å². The third-order valence-corrected chi connectivity index (χ3v) is 6.26. The zero-order valence-electron chi connectivity index (χ0n) is 15.9. The molecule has 27 heavy (non-hydrogen) atoms. The van der Waals surface area contributed by atoms with Crippen molar-refractivity contribution in [3.63, 3.8) is 0 Å². The maximum atomic E-state index is 12.2. The molecule has 6 heteroatoms. The lowest BCUT2D eigenvalue weighted by atomic mass is 9.80. The minimum absolute atomic E-state index is 0.0857. The van der Waals surface area contributed by atoms with Crippen molar-refractivity contribution in [2.24, 2.45) is 5.10 Å². The fraction of sp³-hybridized carbons (Fsp3) is 0.333. The largest absolute Gasteiger partial charge is 0.369 e. The van der Waals surface area contributed by atoms with Crippen molar-refractivity contribution < 1.29 is 4.79 Å². The third-order valence-electron chi connectivity index (χ3n) is 5.24. The van der Waals surface area contributed by atoms with Crippen LogP contribution in [-0.4, -0.2) is 24.7 Å². The van der Waals surface area contributed by atoms with Crippen molar-refractivity contribution in [2.75, 3.05) is 11.9 Å². The Bertz CT molecular complexity index is 910. The van der Waals surface area contributed by atoms with Gasteiger partial charge in [0.15, 0.2) is 0 Å².